The molecule has 2 aromatic rings. The highest BCUT2D eigenvalue weighted by Gasteiger charge is 2.37. The zero-order valence-corrected chi connectivity index (χ0v) is 14.4. The third-order valence-corrected chi connectivity index (χ3v) is 4.14. The molecular weight excluding hydrogens is 367 g/mol. The molecule has 0 radical (unpaired) electrons. The van der Waals surface area contributed by atoms with Crippen LogP contribution in [0, 0.1) is 0 Å². The minimum Gasteiger partial charge on any atom is -0.462 e. The molecule has 3 rings (SSSR count). The van der Waals surface area contributed by atoms with Crippen molar-refractivity contribution in [3.8, 4) is 0 Å². The molecule has 1 N–H and O–H groups in total. The smallest absolute Gasteiger partial charge is 0.414 e. The van der Waals surface area contributed by atoms with Crippen LogP contribution in [0.3, 0.4) is 0 Å². The lowest BCUT2D eigenvalue weighted by atomic mass is 10.1. The fourth-order valence-electron chi connectivity index (χ4n) is 2.80. The molecule has 0 spiro atoms. The molecule has 1 aliphatic rings. The molecule has 6 nitrogen and oxygen atoms in total. The Kier molecular flexibility index (Phi) is 5.43. The van der Waals surface area contributed by atoms with Gasteiger partial charge in [0.15, 0.2) is 6.10 Å². The summed E-state index contributed by atoms with van der Waals surface area (Å²) in [5.74, 6) is 0. The number of hydrogen-bond donors (Lipinski definition) is 1. The number of cyclic esters (lactones) is 1. The van der Waals surface area contributed by atoms with E-state index in [-0.39, 0.29) is 12.7 Å². The first-order valence-corrected chi connectivity index (χ1v) is 8.19. The van der Waals surface area contributed by atoms with Gasteiger partial charge in [0.2, 0.25) is 0 Å². The van der Waals surface area contributed by atoms with E-state index in [9.17, 15) is 18.0 Å². The molecule has 1 fully saturated rings. The Labute approximate surface area is 152 Å². The lowest BCUT2D eigenvalue weighted by Gasteiger charge is -2.11. The van der Waals surface area contributed by atoms with Crippen molar-refractivity contribution in [1.29, 1.82) is 0 Å². The summed E-state index contributed by atoms with van der Waals surface area (Å²) in [6, 6.07) is 5.04. The maximum atomic E-state index is 12.3. The molecule has 2 heterocycles. The van der Waals surface area contributed by atoms with E-state index in [1.165, 1.54) is 30.4 Å². The van der Waals surface area contributed by atoms with Gasteiger partial charge < -0.3 is 19.0 Å². The van der Waals surface area contributed by atoms with Crippen LogP contribution in [0.15, 0.2) is 35.0 Å². The van der Waals surface area contributed by atoms with Crippen LogP contribution in [0.5, 0.6) is 0 Å². The number of aliphatic hydroxyl groups excluding tert-OH is 1. The SMILES string of the molecule is COC[C@H]1CN(c2coc3cc(/C=C/CC(O)C(F)(F)F)ccc23)C(=O)O1. The van der Waals surface area contributed by atoms with Crippen LogP contribution in [0.25, 0.3) is 17.0 Å². The Bertz CT molecular complexity index is 845. The van der Waals surface area contributed by atoms with Crippen molar-refractivity contribution in [2.24, 2.45) is 0 Å². The Morgan fingerprint density at radius 1 is 1.44 bits per heavy atom. The molecule has 1 aromatic heterocycles. The molecule has 0 bridgehead atoms. The van der Waals surface area contributed by atoms with Crippen molar-refractivity contribution in [2.75, 3.05) is 25.2 Å². The minimum atomic E-state index is -4.64. The highest BCUT2D eigenvalue weighted by Crippen LogP contribution is 2.33. The van der Waals surface area contributed by atoms with Crippen molar-refractivity contribution >= 4 is 28.8 Å². The number of rotatable bonds is 6. The molecule has 2 atom stereocenters. The van der Waals surface area contributed by atoms with Gasteiger partial charge in [-0.3, -0.25) is 4.90 Å². The number of benzene rings is 1. The van der Waals surface area contributed by atoms with Crippen LogP contribution in [0.1, 0.15) is 12.0 Å². The van der Waals surface area contributed by atoms with E-state index >= 15 is 0 Å². The number of fused-ring (bicyclic) bond motifs is 1. The first-order chi connectivity index (χ1) is 12.8. The lowest BCUT2D eigenvalue weighted by Crippen LogP contribution is -2.27. The predicted molar refractivity (Wildman–Crippen MR) is 91.4 cm³/mol. The second-order valence-electron chi connectivity index (χ2n) is 6.14. The van der Waals surface area contributed by atoms with Crippen molar-refractivity contribution in [1.82, 2.24) is 0 Å². The first-order valence-electron chi connectivity index (χ1n) is 8.19. The van der Waals surface area contributed by atoms with Gasteiger partial charge in [0.1, 0.15) is 18.0 Å². The number of aliphatic hydroxyl groups is 1. The summed E-state index contributed by atoms with van der Waals surface area (Å²) in [6.45, 7) is 0.620. The van der Waals surface area contributed by atoms with E-state index in [4.69, 9.17) is 19.0 Å². The Morgan fingerprint density at radius 3 is 2.93 bits per heavy atom. The van der Waals surface area contributed by atoms with E-state index in [2.05, 4.69) is 0 Å². The van der Waals surface area contributed by atoms with Crippen molar-refractivity contribution in [2.45, 2.75) is 24.8 Å². The fourth-order valence-corrected chi connectivity index (χ4v) is 2.80. The van der Waals surface area contributed by atoms with E-state index in [1.54, 1.807) is 18.2 Å². The zero-order chi connectivity index (χ0) is 19.6. The van der Waals surface area contributed by atoms with Crippen molar-refractivity contribution < 1.29 is 37.0 Å². The number of furan rings is 1. The molecular formula is C18H18F3NO5. The Balaban J connectivity index is 1.74. The topological polar surface area (TPSA) is 72.1 Å². The molecule has 9 heteroatoms. The minimum absolute atomic E-state index is 0.288. The van der Waals surface area contributed by atoms with Gasteiger partial charge in [0.25, 0.3) is 0 Å². The molecule has 1 unspecified atom stereocenters. The molecule has 146 valence electrons. The largest absolute Gasteiger partial charge is 0.462 e. The highest BCUT2D eigenvalue weighted by atomic mass is 19.4. The predicted octanol–water partition coefficient (Wildman–Crippen LogP) is 3.73. The van der Waals surface area contributed by atoms with E-state index in [0.717, 1.165) is 0 Å². The normalized spacial score (nSPS) is 19.2. The van der Waals surface area contributed by atoms with Gasteiger partial charge in [-0.15, -0.1) is 0 Å². The molecule has 0 saturated carbocycles. The van der Waals surface area contributed by atoms with Gasteiger partial charge in [-0.05, 0) is 17.7 Å². The van der Waals surface area contributed by atoms with Gasteiger partial charge >= 0.3 is 12.3 Å². The first kappa shape index (κ1) is 19.2. The summed E-state index contributed by atoms with van der Waals surface area (Å²) in [5, 5.41) is 9.67. The third kappa shape index (κ3) is 4.25. The number of amides is 1. The molecule has 1 aliphatic heterocycles. The number of halogens is 3. The summed E-state index contributed by atoms with van der Waals surface area (Å²) >= 11 is 0. The monoisotopic (exact) mass is 385 g/mol. The number of carbonyl (C=O) groups excluding carboxylic acids is 1. The van der Waals surface area contributed by atoms with Crippen LogP contribution >= 0.6 is 0 Å². The summed E-state index contributed by atoms with van der Waals surface area (Å²) in [7, 11) is 1.52. The van der Waals surface area contributed by atoms with Crippen LogP contribution in [0.2, 0.25) is 0 Å². The Morgan fingerprint density at radius 2 is 2.22 bits per heavy atom. The third-order valence-electron chi connectivity index (χ3n) is 4.14. The summed E-state index contributed by atoms with van der Waals surface area (Å²) in [5.41, 5.74) is 1.64. The molecule has 27 heavy (non-hydrogen) atoms. The lowest BCUT2D eigenvalue weighted by molar-refractivity contribution is -0.202. The van der Waals surface area contributed by atoms with Crippen LogP contribution in [-0.2, 0) is 9.47 Å². The molecule has 1 amide bonds. The maximum absolute atomic E-state index is 12.3. The van der Waals surface area contributed by atoms with Gasteiger partial charge in [0, 0.05) is 18.9 Å². The second-order valence-corrected chi connectivity index (χ2v) is 6.14. The van der Waals surface area contributed by atoms with Gasteiger partial charge in [-0.1, -0.05) is 18.2 Å². The van der Waals surface area contributed by atoms with Crippen molar-refractivity contribution in [3.63, 3.8) is 0 Å². The van der Waals surface area contributed by atoms with Crippen LogP contribution < -0.4 is 4.90 Å². The van der Waals surface area contributed by atoms with Gasteiger partial charge in [-0.2, -0.15) is 13.2 Å². The van der Waals surface area contributed by atoms with E-state index < -0.39 is 24.8 Å². The highest BCUT2D eigenvalue weighted by molar-refractivity contribution is 6.01. The van der Waals surface area contributed by atoms with E-state index in [1.807, 2.05) is 0 Å². The second kappa shape index (κ2) is 7.61. The number of alkyl halides is 3. The molecule has 1 saturated heterocycles. The standard InChI is InChI=1S/C18H18F3NO5/c1-25-9-12-8-22(17(24)27-12)14-10-26-15-7-11(5-6-13(14)15)3-2-4-16(23)18(19,20)21/h2-3,5-7,10,12,16,23H,4,8-9H2,1H3/b3-2+/t12-,16?/m1/s1. The fraction of sp³-hybridized carbons (Fsp3) is 0.389. The average Bonchev–Trinajstić information content (AvgIpc) is 3.17. The quantitative estimate of drug-likeness (QED) is 0.820. The number of carbonyl (C=O) groups is 1. The van der Waals surface area contributed by atoms with Crippen LogP contribution in [0.4, 0.5) is 23.7 Å². The van der Waals surface area contributed by atoms with Crippen molar-refractivity contribution in [3.05, 3.63) is 36.1 Å². The average molecular weight is 385 g/mol. The van der Waals surface area contributed by atoms with Gasteiger partial charge in [0.05, 0.1) is 18.8 Å². The zero-order valence-electron chi connectivity index (χ0n) is 14.4. The number of hydrogen-bond acceptors (Lipinski definition) is 5. The summed E-state index contributed by atoms with van der Waals surface area (Å²) in [4.78, 5) is 13.5. The van der Waals surface area contributed by atoms with Gasteiger partial charge in [-0.25, -0.2) is 4.79 Å². The summed E-state index contributed by atoms with van der Waals surface area (Å²) < 4.78 is 52.6. The number of anilines is 1. The molecule has 1 aromatic carbocycles. The molecule has 0 aliphatic carbocycles. The van der Waals surface area contributed by atoms with Crippen LogP contribution in [-0.4, -0.2) is 49.8 Å². The Hall–Kier alpha value is -2.52. The number of methoxy groups -OCH3 is 1. The number of nitrogens with zero attached hydrogens (tertiary/aromatic N) is 1. The maximum Gasteiger partial charge on any atom is 0.414 e. The van der Waals surface area contributed by atoms with E-state index in [0.29, 0.717) is 28.8 Å². The summed E-state index contributed by atoms with van der Waals surface area (Å²) in [6.07, 6.45) is -4.29. The number of ether oxygens (including phenoxy) is 2.